The number of tetrazole rings is 1. The third-order valence-corrected chi connectivity index (χ3v) is 5.77. The number of furan rings is 1. The van der Waals surface area contributed by atoms with Crippen molar-refractivity contribution in [2.45, 2.75) is 43.4 Å². The molecule has 0 radical (unpaired) electrons. The molecule has 2 heterocycles. The van der Waals surface area contributed by atoms with E-state index in [4.69, 9.17) is 4.42 Å². The maximum Gasteiger partial charge on any atom is 0.237 e. The Morgan fingerprint density at radius 2 is 2.10 bits per heavy atom. The molecular formula is C19H19F2N5O2S. The third kappa shape index (κ3) is 4.47. The molecule has 1 aromatic carbocycles. The summed E-state index contributed by atoms with van der Waals surface area (Å²) in [4.78, 5) is 14.2. The van der Waals surface area contributed by atoms with Crippen LogP contribution in [0.1, 0.15) is 37.5 Å². The Morgan fingerprint density at radius 1 is 1.28 bits per heavy atom. The van der Waals surface area contributed by atoms with Crippen molar-refractivity contribution in [2.75, 3.05) is 10.7 Å². The predicted octanol–water partition coefficient (Wildman–Crippen LogP) is 3.98. The van der Waals surface area contributed by atoms with E-state index in [1.165, 1.54) is 29.0 Å². The first-order valence-corrected chi connectivity index (χ1v) is 10.3. The summed E-state index contributed by atoms with van der Waals surface area (Å²) in [5, 5.41) is 12.4. The van der Waals surface area contributed by atoms with Crippen molar-refractivity contribution in [2.24, 2.45) is 0 Å². The normalized spacial score (nSPS) is 14.4. The highest BCUT2D eigenvalue weighted by Crippen LogP contribution is 2.32. The van der Waals surface area contributed by atoms with Gasteiger partial charge >= 0.3 is 0 Å². The molecule has 1 fully saturated rings. The van der Waals surface area contributed by atoms with E-state index in [0.29, 0.717) is 10.9 Å². The van der Waals surface area contributed by atoms with E-state index < -0.39 is 11.6 Å². The highest BCUT2D eigenvalue weighted by Gasteiger charge is 2.25. The molecule has 1 saturated carbocycles. The summed E-state index contributed by atoms with van der Waals surface area (Å²) in [5.41, 5.74) is -0.0104. The molecule has 0 atom stereocenters. The van der Waals surface area contributed by atoms with Crippen LogP contribution in [0.25, 0.3) is 0 Å². The molecule has 0 N–H and O–H groups in total. The largest absolute Gasteiger partial charge is 0.467 e. The molecule has 0 unspecified atom stereocenters. The second kappa shape index (κ2) is 8.73. The molecule has 1 aliphatic rings. The number of hydrogen-bond acceptors (Lipinski definition) is 6. The number of nitrogens with zero attached hydrogens (tertiary/aromatic N) is 5. The number of rotatable bonds is 7. The lowest BCUT2D eigenvalue weighted by atomic mass is 10.2. The van der Waals surface area contributed by atoms with Crippen LogP contribution in [0, 0.1) is 11.6 Å². The molecule has 0 spiro atoms. The fourth-order valence-corrected chi connectivity index (χ4v) is 4.25. The zero-order valence-electron chi connectivity index (χ0n) is 15.5. The van der Waals surface area contributed by atoms with Crippen LogP contribution in [0.2, 0.25) is 0 Å². The van der Waals surface area contributed by atoms with Gasteiger partial charge in [-0.1, -0.05) is 24.6 Å². The molecule has 152 valence electrons. The van der Waals surface area contributed by atoms with Crippen LogP contribution in [0.4, 0.5) is 14.5 Å². The van der Waals surface area contributed by atoms with Gasteiger partial charge in [0.05, 0.1) is 30.3 Å². The van der Waals surface area contributed by atoms with Gasteiger partial charge < -0.3 is 9.32 Å². The Bertz CT molecular complexity index is 973. The van der Waals surface area contributed by atoms with Gasteiger partial charge in [-0.2, -0.15) is 0 Å². The van der Waals surface area contributed by atoms with Crippen molar-refractivity contribution < 1.29 is 18.0 Å². The van der Waals surface area contributed by atoms with Crippen molar-refractivity contribution in [3.8, 4) is 0 Å². The van der Waals surface area contributed by atoms with E-state index in [2.05, 4.69) is 15.5 Å². The monoisotopic (exact) mass is 419 g/mol. The second-order valence-corrected chi connectivity index (χ2v) is 7.73. The number of hydrogen-bond donors (Lipinski definition) is 0. The molecular weight excluding hydrogens is 400 g/mol. The fraction of sp³-hybridized carbons (Fsp3) is 0.368. The van der Waals surface area contributed by atoms with Crippen LogP contribution in [0.15, 0.2) is 46.2 Å². The number of thioether (sulfide) groups is 1. The van der Waals surface area contributed by atoms with Gasteiger partial charge in [0, 0.05) is 6.07 Å². The molecule has 29 heavy (non-hydrogen) atoms. The summed E-state index contributed by atoms with van der Waals surface area (Å²) in [6, 6.07) is 6.74. The highest BCUT2D eigenvalue weighted by molar-refractivity contribution is 7.99. The summed E-state index contributed by atoms with van der Waals surface area (Å²) < 4.78 is 34.8. The van der Waals surface area contributed by atoms with Crippen molar-refractivity contribution in [1.29, 1.82) is 0 Å². The number of benzene rings is 1. The SMILES string of the molecule is O=C(CSc1nnnn1C1CCCC1)N(Cc1ccco1)c1ccc(F)cc1F. The predicted molar refractivity (Wildman–Crippen MR) is 102 cm³/mol. The van der Waals surface area contributed by atoms with Crippen LogP contribution in [-0.4, -0.2) is 31.9 Å². The van der Waals surface area contributed by atoms with Crippen LogP contribution in [0.3, 0.4) is 0 Å². The number of carbonyl (C=O) groups excluding carboxylic acids is 1. The molecule has 0 saturated heterocycles. The zero-order valence-corrected chi connectivity index (χ0v) is 16.3. The Morgan fingerprint density at radius 3 is 2.83 bits per heavy atom. The van der Waals surface area contributed by atoms with Gasteiger partial charge in [-0.15, -0.1) is 5.10 Å². The van der Waals surface area contributed by atoms with E-state index in [-0.39, 0.29) is 29.9 Å². The van der Waals surface area contributed by atoms with Gasteiger partial charge in [-0.25, -0.2) is 13.5 Å². The third-order valence-electron chi connectivity index (χ3n) is 4.85. The molecule has 1 aliphatic carbocycles. The van der Waals surface area contributed by atoms with Gasteiger partial charge in [0.2, 0.25) is 11.1 Å². The lowest BCUT2D eigenvalue weighted by Crippen LogP contribution is -2.32. The molecule has 7 nitrogen and oxygen atoms in total. The van der Waals surface area contributed by atoms with Gasteiger partial charge in [0.25, 0.3) is 0 Å². The molecule has 4 rings (SSSR count). The smallest absolute Gasteiger partial charge is 0.237 e. The van der Waals surface area contributed by atoms with Gasteiger partial charge in [0.15, 0.2) is 0 Å². The summed E-state index contributed by atoms with van der Waals surface area (Å²) in [6.07, 6.45) is 5.77. The van der Waals surface area contributed by atoms with E-state index in [9.17, 15) is 13.6 Å². The Kier molecular flexibility index (Phi) is 5.89. The van der Waals surface area contributed by atoms with Crippen molar-refractivity contribution in [3.05, 3.63) is 54.0 Å². The van der Waals surface area contributed by atoms with Crippen molar-refractivity contribution in [3.63, 3.8) is 0 Å². The fourth-order valence-electron chi connectivity index (χ4n) is 3.43. The van der Waals surface area contributed by atoms with Gasteiger partial charge in [-0.05, 0) is 47.5 Å². The van der Waals surface area contributed by atoms with Crippen LogP contribution >= 0.6 is 11.8 Å². The van der Waals surface area contributed by atoms with Crippen LogP contribution in [0.5, 0.6) is 0 Å². The average molecular weight is 419 g/mol. The molecule has 2 aromatic heterocycles. The minimum absolute atomic E-state index is 0.00458. The minimum Gasteiger partial charge on any atom is -0.467 e. The Hall–Kier alpha value is -2.75. The zero-order chi connectivity index (χ0) is 20.2. The molecule has 0 aliphatic heterocycles. The van der Waals surface area contributed by atoms with Gasteiger partial charge in [-0.3, -0.25) is 4.79 Å². The Labute approximate surface area is 170 Å². The number of aromatic nitrogens is 4. The van der Waals surface area contributed by atoms with E-state index in [1.54, 1.807) is 16.8 Å². The van der Waals surface area contributed by atoms with E-state index in [1.807, 2.05) is 0 Å². The molecule has 3 aromatic rings. The minimum atomic E-state index is -0.814. The number of amides is 1. The summed E-state index contributed by atoms with van der Waals surface area (Å²) in [6.45, 7) is 0.0303. The molecule has 0 bridgehead atoms. The number of halogens is 2. The summed E-state index contributed by atoms with van der Waals surface area (Å²) >= 11 is 1.20. The van der Waals surface area contributed by atoms with Crippen molar-refractivity contribution >= 4 is 23.4 Å². The molecule has 1 amide bonds. The standard InChI is InChI=1S/C19H19F2N5O2S/c20-13-7-8-17(16(21)10-13)25(11-15-6-3-9-28-15)18(27)12-29-19-22-23-24-26(19)14-4-1-2-5-14/h3,6-10,14H,1-2,4-5,11-12H2. The first-order valence-electron chi connectivity index (χ1n) is 9.30. The lowest BCUT2D eigenvalue weighted by Gasteiger charge is -2.22. The summed E-state index contributed by atoms with van der Waals surface area (Å²) in [5.74, 6) is -1.39. The van der Waals surface area contributed by atoms with E-state index >= 15 is 0 Å². The average Bonchev–Trinajstić information content (AvgIpc) is 3.47. The lowest BCUT2D eigenvalue weighted by molar-refractivity contribution is -0.116. The summed E-state index contributed by atoms with van der Waals surface area (Å²) in [7, 11) is 0. The first-order chi connectivity index (χ1) is 14.1. The van der Waals surface area contributed by atoms with Crippen LogP contribution < -0.4 is 4.90 Å². The quantitative estimate of drug-likeness (QED) is 0.539. The maximum atomic E-state index is 14.4. The number of carbonyl (C=O) groups is 1. The maximum absolute atomic E-state index is 14.4. The molecule has 10 heteroatoms. The second-order valence-electron chi connectivity index (χ2n) is 6.79. The van der Waals surface area contributed by atoms with E-state index in [0.717, 1.165) is 37.8 Å². The first kappa shape index (κ1) is 19.6. The van der Waals surface area contributed by atoms with Crippen LogP contribution in [-0.2, 0) is 11.3 Å². The number of anilines is 1. The highest BCUT2D eigenvalue weighted by atomic mass is 32.2. The topological polar surface area (TPSA) is 77.1 Å². The van der Waals surface area contributed by atoms with Gasteiger partial charge in [0.1, 0.15) is 17.4 Å². The Balaban J connectivity index is 1.52. The van der Waals surface area contributed by atoms with Crippen molar-refractivity contribution in [1.82, 2.24) is 20.2 Å².